The largest absolute Gasteiger partial charge is 0.308 e. The molecule has 1 atom stereocenters. The van der Waals surface area contributed by atoms with Crippen LogP contribution >= 0.6 is 0 Å². The smallest absolute Gasteiger partial charge is 0.0638 e. The molecule has 126 valence electrons. The summed E-state index contributed by atoms with van der Waals surface area (Å²) >= 11 is 0. The van der Waals surface area contributed by atoms with Gasteiger partial charge in [0.2, 0.25) is 0 Å². The molecule has 1 fully saturated rings. The Bertz CT molecular complexity index is 454. The van der Waals surface area contributed by atoms with Gasteiger partial charge in [0, 0.05) is 50.5 Å². The Morgan fingerprint density at radius 2 is 2.05 bits per heavy atom. The fourth-order valence-corrected chi connectivity index (χ4v) is 3.19. The number of likely N-dealkylation sites (tertiary alicyclic amines) is 1. The van der Waals surface area contributed by atoms with Crippen molar-refractivity contribution in [2.45, 2.75) is 45.8 Å². The van der Waals surface area contributed by atoms with Gasteiger partial charge in [-0.25, -0.2) is 0 Å². The van der Waals surface area contributed by atoms with Crippen LogP contribution in [0.2, 0.25) is 0 Å². The highest BCUT2D eigenvalue weighted by Gasteiger charge is 2.23. The molecule has 0 N–H and O–H groups in total. The second-order valence-electron chi connectivity index (χ2n) is 6.91. The van der Waals surface area contributed by atoms with E-state index < -0.39 is 0 Å². The molecule has 0 amide bonds. The fraction of sp³-hybridized carbons (Fsp3) is 0.824. The number of nitrogens with zero attached hydrogens (tertiary/aromatic N) is 5. The Morgan fingerprint density at radius 3 is 2.68 bits per heavy atom. The SMILES string of the molecule is CCn1cc(CN2CCCC(N(C)CCN(C)C)C2)c(C)n1. The number of rotatable bonds is 7. The number of hydrogen-bond acceptors (Lipinski definition) is 4. The first-order valence-electron chi connectivity index (χ1n) is 8.59. The first kappa shape index (κ1) is 17.4. The average molecular weight is 307 g/mol. The lowest BCUT2D eigenvalue weighted by Gasteiger charge is -2.38. The van der Waals surface area contributed by atoms with Crippen LogP contribution in [0.5, 0.6) is 0 Å². The Hall–Kier alpha value is -0.910. The fourth-order valence-electron chi connectivity index (χ4n) is 3.19. The van der Waals surface area contributed by atoms with E-state index in [0.29, 0.717) is 6.04 Å². The van der Waals surface area contributed by atoms with E-state index in [1.165, 1.54) is 37.2 Å². The summed E-state index contributed by atoms with van der Waals surface area (Å²) in [5.41, 5.74) is 2.57. The molecule has 0 radical (unpaired) electrons. The van der Waals surface area contributed by atoms with E-state index >= 15 is 0 Å². The second kappa shape index (κ2) is 8.09. The van der Waals surface area contributed by atoms with Gasteiger partial charge in [0.05, 0.1) is 5.69 Å². The summed E-state index contributed by atoms with van der Waals surface area (Å²) in [6.45, 7) is 11.0. The molecule has 0 aliphatic carbocycles. The van der Waals surface area contributed by atoms with Gasteiger partial charge in [-0.05, 0) is 54.4 Å². The summed E-state index contributed by atoms with van der Waals surface area (Å²) in [5.74, 6) is 0. The van der Waals surface area contributed by atoms with Gasteiger partial charge in [-0.3, -0.25) is 9.58 Å². The predicted octanol–water partition coefficient (Wildman–Crippen LogP) is 1.67. The molecule has 22 heavy (non-hydrogen) atoms. The molecular formula is C17H33N5. The molecule has 2 heterocycles. The Labute approximate surface area is 135 Å². The topological polar surface area (TPSA) is 27.5 Å². The highest BCUT2D eigenvalue weighted by atomic mass is 15.3. The molecule has 1 aromatic heterocycles. The van der Waals surface area contributed by atoms with Crippen LogP contribution in [0.3, 0.4) is 0 Å². The molecule has 2 rings (SSSR count). The molecule has 5 heteroatoms. The van der Waals surface area contributed by atoms with Crippen molar-refractivity contribution in [1.82, 2.24) is 24.5 Å². The summed E-state index contributed by atoms with van der Waals surface area (Å²) < 4.78 is 2.05. The van der Waals surface area contributed by atoms with Crippen molar-refractivity contribution in [3.05, 3.63) is 17.5 Å². The third kappa shape index (κ3) is 4.80. The van der Waals surface area contributed by atoms with E-state index in [1.54, 1.807) is 0 Å². The summed E-state index contributed by atoms with van der Waals surface area (Å²) in [7, 11) is 6.57. The van der Waals surface area contributed by atoms with Crippen LogP contribution in [-0.2, 0) is 13.1 Å². The summed E-state index contributed by atoms with van der Waals surface area (Å²) in [6, 6.07) is 0.690. The summed E-state index contributed by atoms with van der Waals surface area (Å²) in [4.78, 5) is 7.40. The number of likely N-dealkylation sites (N-methyl/N-ethyl adjacent to an activating group) is 2. The molecule has 0 aromatic carbocycles. The van der Waals surface area contributed by atoms with Crippen LogP contribution < -0.4 is 0 Å². The van der Waals surface area contributed by atoms with Gasteiger partial charge < -0.3 is 9.80 Å². The maximum absolute atomic E-state index is 4.57. The van der Waals surface area contributed by atoms with Crippen molar-refractivity contribution < 1.29 is 0 Å². The van der Waals surface area contributed by atoms with E-state index in [2.05, 4.69) is 65.7 Å². The van der Waals surface area contributed by atoms with Crippen LogP contribution in [0.15, 0.2) is 6.20 Å². The van der Waals surface area contributed by atoms with Crippen LogP contribution in [0, 0.1) is 6.92 Å². The predicted molar refractivity (Wildman–Crippen MR) is 92.1 cm³/mol. The first-order valence-corrected chi connectivity index (χ1v) is 8.59. The van der Waals surface area contributed by atoms with E-state index in [1.807, 2.05) is 0 Å². The van der Waals surface area contributed by atoms with Gasteiger partial charge in [0.1, 0.15) is 0 Å². The van der Waals surface area contributed by atoms with Gasteiger partial charge in [0.15, 0.2) is 0 Å². The molecule has 0 spiro atoms. The van der Waals surface area contributed by atoms with Gasteiger partial charge in [-0.2, -0.15) is 5.10 Å². The van der Waals surface area contributed by atoms with Gasteiger partial charge in [-0.15, -0.1) is 0 Å². The van der Waals surface area contributed by atoms with Crippen molar-refractivity contribution >= 4 is 0 Å². The van der Waals surface area contributed by atoms with E-state index in [9.17, 15) is 0 Å². The molecule has 0 saturated carbocycles. The minimum absolute atomic E-state index is 0.690. The summed E-state index contributed by atoms with van der Waals surface area (Å²) in [6.07, 6.45) is 4.85. The zero-order valence-corrected chi connectivity index (χ0v) is 15.0. The zero-order valence-electron chi connectivity index (χ0n) is 15.0. The monoisotopic (exact) mass is 307 g/mol. The van der Waals surface area contributed by atoms with E-state index in [-0.39, 0.29) is 0 Å². The lowest BCUT2D eigenvalue weighted by atomic mass is 10.0. The number of hydrogen-bond donors (Lipinski definition) is 0. The third-order valence-corrected chi connectivity index (χ3v) is 4.77. The van der Waals surface area contributed by atoms with Crippen LogP contribution in [0.4, 0.5) is 0 Å². The molecule has 1 aliphatic rings. The van der Waals surface area contributed by atoms with Crippen molar-refractivity contribution in [1.29, 1.82) is 0 Å². The molecular weight excluding hydrogens is 274 g/mol. The number of aryl methyl sites for hydroxylation is 2. The lowest BCUT2D eigenvalue weighted by molar-refractivity contribution is 0.106. The lowest BCUT2D eigenvalue weighted by Crippen LogP contribution is -2.47. The van der Waals surface area contributed by atoms with Gasteiger partial charge >= 0.3 is 0 Å². The molecule has 0 bridgehead atoms. The Kier molecular flexibility index (Phi) is 6.41. The molecule has 1 saturated heterocycles. The third-order valence-electron chi connectivity index (χ3n) is 4.77. The van der Waals surface area contributed by atoms with Crippen LogP contribution in [0.25, 0.3) is 0 Å². The van der Waals surface area contributed by atoms with E-state index in [0.717, 1.165) is 26.2 Å². The maximum Gasteiger partial charge on any atom is 0.0638 e. The second-order valence-corrected chi connectivity index (χ2v) is 6.91. The van der Waals surface area contributed by atoms with Gasteiger partial charge in [-0.1, -0.05) is 0 Å². The van der Waals surface area contributed by atoms with Crippen molar-refractivity contribution in [3.63, 3.8) is 0 Å². The molecule has 5 nitrogen and oxygen atoms in total. The van der Waals surface area contributed by atoms with E-state index in [4.69, 9.17) is 0 Å². The van der Waals surface area contributed by atoms with Crippen molar-refractivity contribution in [2.24, 2.45) is 0 Å². The molecule has 1 aliphatic heterocycles. The zero-order chi connectivity index (χ0) is 16.1. The highest BCUT2D eigenvalue weighted by Crippen LogP contribution is 2.18. The van der Waals surface area contributed by atoms with Crippen molar-refractivity contribution in [2.75, 3.05) is 47.3 Å². The minimum atomic E-state index is 0.690. The van der Waals surface area contributed by atoms with Crippen molar-refractivity contribution in [3.8, 4) is 0 Å². The first-order chi connectivity index (χ1) is 10.5. The summed E-state index contributed by atoms with van der Waals surface area (Å²) in [5, 5.41) is 4.57. The standard InChI is InChI=1S/C17H33N5/c1-6-22-13-16(15(2)18-22)12-21-9-7-8-17(14-21)20(5)11-10-19(3)4/h13,17H,6-12,14H2,1-5H3. The van der Waals surface area contributed by atoms with Gasteiger partial charge in [0.25, 0.3) is 0 Å². The number of aromatic nitrogens is 2. The van der Waals surface area contributed by atoms with Crippen LogP contribution in [-0.4, -0.2) is 77.8 Å². The number of piperidine rings is 1. The normalized spacial score (nSPS) is 20.2. The van der Waals surface area contributed by atoms with Crippen LogP contribution in [0.1, 0.15) is 31.0 Å². The highest BCUT2D eigenvalue weighted by molar-refractivity contribution is 5.15. The molecule has 1 aromatic rings. The minimum Gasteiger partial charge on any atom is -0.308 e. The molecule has 1 unspecified atom stereocenters. The maximum atomic E-state index is 4.57. The Morgan fingerprint density at radius 1 is 1.27 bits per heavy atom. The Balaban J connectivity index is 1.88. The average Bonchev–Trinajstić information content (AvgIpc) is 2.85. The quantitative estimate of drug-likeness (QED) is 0.766.